The Morgan fingerprint density at radius 1 is 1.13 bits per heavy atom. The Bertz CT molecular complexity index is 817. The van der Waals surface area contributed by atoms with Crippen molar-refractivity contribution in [2.24, 2.45) is 0 Å². The molecular formula is C18H16N4S. The van der Waals surface area contributed by atoms with E-state index in [0.717, 1.165) is 19.3 Å². The Hall–Kier alpha value is -2.50. The zero-order valence-electron chi connectivity index (χ0n) is 12.6. The van der Waals surface area contributed by atoms with Crippen molar-refractivity contribution in [1.29, 1.82) is 10.5 Å². The molecule has 1 aromatic heterocycles. The lowest BCUT2D eigenvalue weighted by molar-refractivity contribution is 0.703. The van der Waals surface area contributed by atoms with Crippen molar-refractivity contribution in [2.45, 2.75) is 36.0 Å². The molecule has 23 heavy (non-hydrogen) atoms. The normalized spacial score (nSPS) is 16.7. The number of aromatic nitrogens is 1. The van der Waals surface area contributed by atoms with E-state index in [1.165, 1.54) is 23.6 Å². The number of fused-ring (bicyclic) bond motifs is 1. The Kier molecular flexibility index (Phi) is 4.50. The number of nitriles is 2. The molecule has 0 saturated carbocycles. The highest BCUT2D eigenvalue weighted by Gasteiger charge is 2.22. The van der Waals surface area contributed by atoms with E-state index >= 15 is 0 Å². The summed E-state index contributed by atoms with van der Waals surface area (Å²) >= 11 is 1.58. The van der Waals surface area contributed by atoms with Gasteiger partial charge in [0, 0.05) is 5.25 Å². The predicted molar refractivity (Wildman–Crippen MR) is 90.7 cm³/mol. The first-order valence-electron chi connectivity index (χ1n) is 7.58. The first-order chi connectivity index (χ1) is 11.2. The van der Waals surface area contributed by atoms with E-state index in [0.29, 0.717) is 10.6 Å². The van der Waals surface area contributed by atoms with E-state index in [4.69, 9.17) is 11.0 Å². The molecule has 0 amide bonds. The number of anilines is 1. The van der Waals surface area contributed by atoms with Crippen molar-refractivity contribution in [3.8, 4) is 12.1 Å². The number of nitrogen functional groups attached to an aromatic ring is 1. The number of thioether (sulfide) groups is 1. The molecule has 5 heteroatoms. The largest absolute Gasteiger partial charge is 0.383 e. The molecular weight excluding hydrogens is 304 g/mol. The van der Waals surface area contributed by atoms with Gasteiger partial charge in [0.2, 0.25) is 0 Å². The van der Waals surface area contributed by atoms with Crippen LogP contribution in [0.2, 0.25) is 0 Å². The van der Waals surface area contributed by atoms with E-state index in [2.05, 4.69) is 35.3 Å². The lowest BCUT2D eigenvalue weighted by atomic mass is 10.0. The zero-order chi connectivity index (χ0) is 16.2. The monoisotopic (exact) mass is 320 g/mol. The maximum absolute atomic E-state index is 9.36. The molecule has 0 saturated heterocycles. The summed E-state index contributed by atoms with van der Waals surface area (Å²) in [5, 5.41) is 19.3. The molecule has 4 nitrogen and oxygen atoms in total. The Morgan fingerprint density at radius 2 is 1.91 bits per heavy atom. The fraction of sp³-hybridized carbons (Fsp3) is 0.278. The van der Waals surface area contributed by atoms with E-state index in [1.54, 1.807) is 11.8 Å². The minimum Gasteiger partial charge on any atom is -0.383 e. The van der Waals surface area contributed by atoms with Gasteiger partial charge in [-0.15, -0.1) is 0 Å². The van der Waals surface area contributed by atoms with Gasteiger partial charge < -0.3 is 5.73 Å². The van der Waals surface area contributed by atoms with Crippen molar-refractivity contribution in [3.63, 3.8) is 0 Å². The van der Waals surface area contributed by atoms with Gasteiger partial charge in [-0.2, -0.15) is 10.5 Å². The third kappa shape index (κ3) is 3.16. The van der Waals surface area contributed by atoms with Crippen molar-refractivity contribution >= 4 is 17.6 Å². The van der Waals surface area contributed by atoms with Crippen molar-refractivity contribution in [1.82, 2.24) is 4.98 Å². The molecule has 1 aliphatic rings. The summed E-state index contributed by atoms with van der Waals surface area (Å²) in [5.74, 6) is 0.191. The lowest BCUT2D eigenvalue weighted by Crippen LogP contribution is -2.02. The second-order valence-electron chi connectivity index (χ2n) is 5.55. The molecule has 0 fully saturated rings. The molecule has 2 aromatic rings. The maximum Gasteiger partial charge on any atom is 0.142 e. The van der Waals surface area contributed by atoms with E-state index < -0.39 is 0 Å². The summed E-state index contributed by atoms with van der Waals surface area (Å²) in [4.78, 5) is 4.31. The van der Waals surface area contributed by atoms with Gasteiger partial charge in [-0.25, -0.2) is 4.98 Å². The van der Waals surface area contributed by atoms with Gasteiger partial charge in [0.25, 0.3) is 0 Å². The average Bonchev–Trinajstić information content (AvgIpc) is 2.78. The molecule has 1 heterocycles. The minimum atomic E-state index is 0.191. The number of benzene rings is 1. The highest BCUT2D eigenvalue weighted by Crippen LogP contribution is 2.43. The third-order valence-corrected chi connectivity index (χ3v) is 5.38. The predicted octanol–water partition coefficient (Wildman–Crippen LogP) is 3.97. The molecule has 0 bridgehead atoms. The maximum atomic E-state index is 9.36. The number of hydrogen-bond acceptors (Lipinski definition) is 5. The van der Waals surface area contributed by atoms with Gasteiger partial charge in [-0.3, -0.25) is 0 Å². The topological polar surface area (TPSA) is 86.5 Å². The van der Waals surface area contributed by atoms with Crippen LogP contribution in [-0.2, 0) is 6.42 Å². The summed E-state index contributed by atoms with van der Waals surface area (Å²) in [7, 11) is 0. The van der Waals surface area contributed by atoms with Gasteiger partial charge in [0.1, 0.15) is 23.0 Å². The van der Waals surface area contributed by atoms with Gasteiger partial charge in [-0.05, 0) is 36.5 Å². The number of nitrogens with two attached hydrogens (primary N) is 1. The molecule has 0 spiro atoms. The van der Waals surface area contributed by atoms with Gasteiger partial charge in [0.05, 0.1) is 11.1 Å². The number of hydrogen-bond donors (Lipinski definition) is 1. The number of rotatable bonds is 2. The highest BCUT2D eigenvalue weighted by molar-refractivity contribution is 7.99. The van der Waals surface area contributed by atoms with Crippen LogP contribution in [0.4, 0.5) is 5.82 Å². The first kappa shape index (κ1) is 15.4. The fourth-order valence-corrected chi connectivity index (χ4v) is 4.20. The number of pyridine rings is 1. The van der Waals surface area contributed by atoms with Crippen LogP contribution in [0.25, 0.3) is 0 Å². The molecule has 1 unspecified atom stereocenters. The standard InChI is InChI=1S/C18H16N4S/c19-10-13-9-14(11-20)18(22-17(13)21)23-16-8-4-2-6-12-5-1-3-7-15(12)16/h1,3,5,7,9,16H,2,4,6,8H2,(H2,21,22). The molecule has 1 atom stereocenters. The van der Waals surface area contributed by atoms with Crippen LogP contribution in [0.3, 0.4) is 0 Å². The van der Waals surface area contributed by atoms with Gasteiger partial charge >= 0.3 is 0 Å². The quantitative estimate of drug-likeness (QED) is 0.846. The van der Waals surface area contributed by atoms with Crippen LogP contribution >= 0.6 is 11.8 Å². The molecule has 1 aromatic carbocycles. The van der Waals surface area contributed by atoms with E-state index in [-0.39, 0.29) is 16.6 Å². The summed E-state index contributed by atoms with van der Waals surface area (Å²) < 4.78 is 0. The summed E-state index contributed by atoms with van der Waals surface area (Å²) in [6, 6.07) is 14.1. The van der Waals surface area contributed by atoms with Crippen LogP contribution in [-0.4, -0.2) is 4.98 Å². The number of nitrogens with zero attached hydrogens (tertiary/aromatic N) is 3. The SMILES string of the molecule is N#Cc1cc(C#N)c(SC2CCCCc3ccccc32)nc1N. The van der Waals surface area contributed by atoms with Crippen LogP contribution in [0.1, 0.15) is 46.8 Å². The van der Waals surface area contributed by atoms with Crippen molar-refractivity contribution in [3.05, 3.63) is 52.6 Å². The summed E-state index contributed by atoms with van der Waals surface area (Å²) in [6.07, 6.45) is 4.48. The van der Waals surface area contributed by atoms with Crippen LogP contribution < -0.4 is 5.73 Å². The van der Waals surface area contributed by atoms with Crippen molar-refractivity contribution in [2.75, 3.05) is 5.73 Å². The molecule has 2 N–H and O–H groups in total. The third-order valence-electron chi connectivity index (χ3n) is 4.08. The second kappa shape index (κ2) is 6.73. The second-order valence-corrected chi connectivity index (χ2v) is 6.74. The molecule has 0 aliphatic heterocycles. The summed E-state index contributed by atoms with van der Waals surface area (Å²) in [6.45, 7) is 0. The Morgan fingerprint density at radius 3 is 2.70 bits per heavy atom. The zero-order valence-corrected chi connectivity index (χ0v) is 13.4. The molecule has 114 valence electrons. The molecule has 0 radical (unpaired) electrons. The highest BCUT2D eigenvalue weighted by atomic mass is 32.2. The van der Waals surface area contributed by atoms with Crippen LogP contribution in [0.5, 0.6) is 0 Å². The average molecular weight is 320 g/mol. The lowest BCUT2D eigenvalue weighted by Gasteiger charge is -2.17. The van der Waals surface area contributed by atoms with Gasteiger partial charge in [-0.1, -0.05) is 42.4 Å². The minimum absolute atomic E-state index is 0.191. The van der Waals surface area contributed by atoms with Crippen LogP contribution in [0.15, 0.2) is 35.4 Å². The smallest absolute Gasteiger partial charge is 0.142 e. The molecule has 1 aliphatic carbocycles. The fourth-order valence-electron chi connectivity index (χ4n) is 2.90. The van der Waals surface area contributed by atoms with Gasteiger partial charge in [0.15, 0.2) is 0 Å². The Labute approximate surface area is 140 Å². The van der Waals surface area contributed by atoms with Crippen molar-refractivity contribution < 1.29 is 0 Å². The van der Waals surface area contributed by atoms with E-state index in [9.17, 15) is 5.26 Å². The molecule has 3 rings (SSSR count). The summed E-state index contributed by atoms with van der Waals surface area (Å²) in [5.41, 5.74) is 9.21. The first-order valence-corrected chi connectivity index (χ1v) is 8.46. The Balaban J connectivity index is 1.98. The van der Waals surface area contributed by atoms with Crippen LogP contribution in [0, 0.1) is 22.7 Å². The number of aryl methyl sites for hydroxylation is 1. The van der Waals surface area contributed by atoms with E-state index in [1.807, 2.05) is 6.07 Å².